The molecule has 1 aliphatic rings. The molecule has 1 fully saturated rings. The standard InChI is InChI=1S/C13H18ClNO2/c1-10-13(16,6-7-17-10)9-15-8-11-4-2-3-5-12(11)14/h2-5,10,15-16H,6-9H2,1H3. The van der Waals surface area contributed by atoms with Crippen LogP contribution < -0.4 is 5.32 Å². The molecule has 1 heterocycles. The molecule has 0 aromatic heterocycles. The number of hydrogen-bond donors (Lipinski definition) is 2. The molecule has 1 aromatic rings. The zero-order valence-electron chi connectivity index (χ0n) is 9.95. The van der Waals surface area contributed by atoms with Crippen molar-refractivity contribution >= 4 is 11.6 Å². The Morgan fingerprint density at radius 2 is 2.29 bits per heavy atom. The molecule has 3 nitrogen and oxygen atoms in total. The molecule has 0 radical (unpaired) electrons. The van der Waals surface area contributed by atoms with E-state index < -0.39 is 5.60 Å². The molecular formula is C13H18ClNO2. The number of halogens is 1. The molecule has 4 heteroatoms. The first-order valence-corrected chi connectivity index (χ1v) is 6.28. The fourth-order valence-corrected chi connectivity index (χ4v) is 2.26. The molecule has 0 aliphatic carbocycles. The van der Waals surface area contributed by atoms with Crippen LogP contribution in [0.5, 0.6) is 0 Å². The fourth-order valence-electron chi connectivity index (χ4n) is 2.06. The SMILES string of the molecule is CC1OCCC1(O)CNCc1ccccc1Cl. The van der Waals surface area contributed by atoms with Gasteiger partial charge < -0.3 is 15.2 Å². The molecule has 94 valence electrons. The van der Waals surface area contributed by atoms with Crippen molar-refractivity contribution in [2.24, 2.45) is 0 Å². The lowest BCUT2D eigenvalue weighted by Crippen LogP contribution is -2.45. The largest absolute Gasteiger partial charge is 0.386 e. The van der Waals surface area contributed by atoms with Crippen LogP contribution in [0.4, 0.5) is 0 Å². The van der Waals surface area contributed by atoms with Gasteiger partial charge in [-0.1, -0.05) is 29.8 Å². The Balaban J connectivity index is 1.86. The van der Waals surface area contributed by atoms with Crippen molar-refractivity contribution in [2.45, 2.75) is 31.6 Å². The molecule has 1 saturated heterocycles. The first kappa shape index (κ1) is 12.8. The van der Waals surface area contributed by atoms with Gasteiger partial charge in [0, 0.05) is 31.1 Å². The first-order valence-electron chi connectivity index (χ1n) is 5.90. The average molecular weight is 256 g/mol. The predicted molar refractivity (Wildman–Crippen MR) is 68.1 cm³/mol. The van der Waals surface area contributed by atoms with Crippen LogP contribution in [0.2, 0.25) is 5.02 Å². The first-order chi connectivity index (χ1) is 8.12. The Kier molecular flexibility index (Phi) is 4.05. The summed E-state index contributed by atoms with van der Waals surface area (Å²) in [5.74, 6) is 0. The molecule has 17 heavy (non-hydrogen) atoms. The zero-order chi connectivity index (χ0) is 12.3. The normalized spacial score (nSPS) is 28.5. The minimum atomic E-state index is -0.749. The topological polar surface area (TPSA) is 41.5 Å². The van der Waals surface area contributed by atoms with E-state index in [-0.39, 0.29) is 6.10 Å². The van der Waals surface area contributed by atoms with E-state index in [2.05, 4.69) is 5.32 Å². The highest BCUT2D eigenvalue weighted by atomic mass is 35.5. The van der Waals surface area contributed by atoms with Crippen LogP contribution in [0.15, 0.2) is 24.3 Å². The summed E-state index contributed by atoms with van der Waals surface area (Å²) in [6.45, 7) is 3.73. The molecule has 0 amide bonds. The third-order valence-corrected chi connectivity index (χ3v) is 3.73. The predicted octanol–water partition coefficient (Wildman–Crippen LogP) is 1.97. The Bertz CT molecular complexity index is 385. The Labute approximate surface area is 107 Å². The van der Waals surface area contributed by atoms with Gasteiger partial charge in [0.25, 0.3) is 0 Å². The lowest BCUT2D eigenvalue weighted by atomic mass is 9.96. The van der Waals surface area contributed by atoms with Crippen LogP contribution >= 0.6 is 11.6 Å². The maximum absolute atomic E-state index is 10.3. The van der Waals surface area contributed by atoms with Gasteiger partial charge in [0.15, 0.2) is 0 Å². The van der Waals surface area contributed by atoms with E-state index in [1.54, 1.807) is 0 Å². The summed E-state index contributed by atoms with van der Waals surface area (Å²) in [6, 6.07) is 7.72. The zero-order valence-corrected chi connectivity index (χ0v) is 10.7. The highest BCUT2D eigenvalue weighted by molar-refractivity contribution is 6.31. The van der Waals surface area contributed by atoms with E-state index in [1.807, 2.05) is 31.2 Å². The van der Waals surface area contributed by atoms with E-state index >= 15 is 0 Å². The lowest BCUT2D eigenvalue weighted by molar-refractivity contribution is -0.0262. The molecule has 1 aromatic carbocycles. The molecule has 2 unspecified atom stereocenters. The van der Waals surface area contributed by atoms with Crippen LogP contribution in [0.1, 0.15) is 18.9 Å². The van der Waals surface area contributed by atoms with E-state index in [4.69, 9.17) is 16.3 Å². The van der Waals surface area contributed by atoms with Crippen molar-refractivity contribution in [1.29, 1.82) is 0 Å². The molecule has 2 atom stereocenters. The minimum Gasteiger partial charge on any atom is -0.386 e. The van der Waals surface area contributed by atoms with Crippen LogP contribution in [0, 0.1) is 0 Å². The summed E-state index contributed by atoms with van der Waals surface area (Å²) in [5, 5.41) is 14.3. The van der Waals surface area contributed by atoms with Gasteiger partial charge in [-0.15, -0.1) is 0 Å². The third-order valence-electron chi connectivity index (χ3n) is 3.36. The van der Waals surface area contributed by atoms with E-state index in [1.165, 1.54) is 0 Å². The second kappa shape index (κ2) is 5.36. The van der Waals surface area contributed by atoms with E-state index in [0.29, 0.717) is 26.1 Å². The van der Waals surface area contributed by atoms with Crippen LogP contribution in [0.3, 0.4) is 0 Å². The van der Waals surface area contributed by atoms with Gasteiger partial charge in [0.1, 0.15) is 5.60 Å². The quantitative estimate of drug-likeness (QED) is 0.864. The smallest absolute Gasteiger partial charge is 0.105 e. The van der Waals surface area contributed by atoms with Crippen molar-refractivity contribution in [3.05, 3.63) is 34.9 Å². The molecule has 1 aliphatic heterocycles. The summed E-state index contributed by atoms with van der Waals surface area (Å²) < 4.78 is 5.38. The third kappa shape index (κ3) is 2.99. The van der Waals surface area contributed by atoms with Gasteiger partial charge in [0.2, 0.25) is 0 Å². The summed E-state index contributed by atoms with van der Waals surface area (Å²) >= 11 is 6.06. The van der Waals surface area contributed by atoms with Crippen molar-refractivity contribution in [3.8, 4) is 0 Å². The van der Waals surface area contributed by atoms with Gasteiger partial charge in [-0.25, -0.2) is 0 Å². The van der Waals surface area contributed by atoms with Gasteiger partial charge in [-0.05, 0) is 18.6 Å². The minimum absolute atomic E-state index is 0.110. The maximum Gasteiger partial charge on any atom is 0.105 e. The summed E-state index contributed by atoms with van der Waals surface area (Å²) in [7, 11) is 0. The molecule has 2 rings (SSSR count). The second-order valence-corrected chi connectivity index (χ2v) is 4.97. The number of nitrogens with one attached hydrogen (secondary N) is 1. The van der Waals surface area contributed by atoms with E-state index in [9.17, 15) is 5.11 Å². The molecule has 0 bridgehead atoms. The van der Waals surface area contributed by atoms with Gasteiger partial charge >= 0.3 is 0 Å². The molecular weight excluding hydrogens is 238 g/mol. The van der Waals surface area contributed by atoms with Gasteiger partial charge in [-0.3, -0.25) is 0 Å². The summed E-state index contributed by atoms with van der Waals surface area (Å²) in [5.41, 5.74) is 0.297. The fraction of sp³-hybridized carbons (Fsp3) is 0.538. The van der Waals surface area contributed by atoms with Gasteiger partial charge in [0.05, 0.1) is 6.10 Å². The highest BCUT2D eigenvalue weighted by Crippen LogP contribution is 2.25. The van der Waals surface area contributed by atoms with Crippen molar-refractivity contribution in [1.82, 2.24) is 5.32 Å². The highest BCUT2D eigenvalue weighted by Gasteiger charge is 2.38. The number of hydrogen-bond acceptors (Lipinski definition) is 3. The van der Waals surface area contributed by atoms with Crippen molar-refractivity contribution in [3.63, 3.8) is 0 Å². The lowest BCUT2D eigenvalue weighted by Gasteiger charge is -2.26. The number of rotatable bonds is 4. The van der Waals surface area contributed by atoms with Crippen LogP contribution in [0.25, 0.3) is 0 Å². The monoisotopic (exact) mass is 255 g/mol. The Morgan fingerprint density at radius 1 is 1.53 bits per heavy atom. The number of benzene rings is 1. The number of aliphatic hydroxyl groups is 1. The second-order valence-electron chi connectivity index (χ2n) is 4.56. The number of ether oxygens (including phenoxy) is 1. The van der Waals surface area contributed by atoms with Crippen LogP contribution in [-0.4, -0.2) is 30.0 Å². The molecule has 0 saturated carbocycles. The summed E-state index contributed by atoms with van der Waals surface area (Å²) in [4.78, 5) is 0. The molecule has 0 spiro atoms. The maximum atomic E-state index is 10.3. The Morgan fingerprint density at radius 3 is 2.94 bits per heavy atom. The molecule has 2 N–H and O–H groups in total. The van der Waals surface area contributed by atoms with Crippen molar-refractivity contribution in [2.75, 3.05) is 13.2 Å². The van der Waals surface area contributed by atoms with Crippen molar-refractivity contribution < 1.29 is 9.84 Å². The summed E-state index contributed by atoms with van der Waals surface area (Å²) in [6.07, 6.45) is 0.574. The Hall–Kier alpha value is -0.610. The van der Waals surface area contributed by atoms with Crippen LogP contribution in [-0.2, 0) is 11.3 Å². The van der Waals surface area contributed by atoms with E-state index in [0.717, 1.165) is 10.6 Å². The van der Waals surface area contributed by atoms with Gasteiger partial charge in [-0.2, -0.15) is 0 Å². The average Bonchev–Trinajstić information content (AvgIpc) is 2.62.